The Morgan fingerprint density at radius 3 is 2.73 bits per heavy atom. The first-order valence-corrected chi connectivity index (χ1v) is 9.97. The van der Waals surface area contributed by atoms with Gasteiger partial charge in [-0.05, 0) is 31.9 Å². The maximum absolute atomic E-state index is 13.3. The van der Waals surface area contributed by atoms with Gasteiger partial charge in [-0.3, -0.25) is 9.69 Å². The number of amides is 1. The van der Waals surface area contributed by atoms with Crippen LogP contribution in [0.25, 0.3) is 0 Å². The first kappa shape index (κ1) is 18.0. The molecule has 1 aromatic rings. The molecule has 1 aliphatic carbocycles. The van der Waals surface area contributed by atoms with Crippen LogP contribution >= 0.6 is 0 Å². The summed E-state index contributed by atoms with van der Waals surface area (Å²) >= 11 is 0. The molecule has 5 nitrogen and oxygen atoms in total. The van der Waals surface area contributed by atoms with E-state index in [0.29, 0.717) is 26.2 Å². The molecule has 0 radical (unpaired) electrons. The van der Waals surface area contributed by atoms with Crippen molar-refractivity contribution in [1.82, 2.24) is 9.80 Å². The van der Waals surface area contributed by atoms with Gasteiger partial charge < -0.3 is 14.7 Å². The fourth-order valence-electron chi connectivity index (χ4n) is 5.18. The number of rotatable bonds is 2. The van der Waals surface area contributed by atoms with Gasteiger partial charge in [0.05, 0.1) is 18.8 Å². The first-order chi connectivity index (χ1) is 12.6. The van der Waals surface area contributed by atoms with Crippen LogP contribution in [0.1, 0.15) is 37.7 Å². The Morgan fingerprint density at radius 2 is 1.96 bits per heavy atom. The fraction of sp³-hybridized carbons (Fsp3) is 0.667. The molecule has 2 heterocycles. The van der Waals surface area contributed by atoms with E-state index >= 15 is 0 Å². The van der Waals surface area contributed by atoms with Crippen LogP contribution in [0.4, 0.5) is 0 Å². The molecule has 2 unspecified atom stereocenters. The number of hydrogen-bond donors (Lipinski definition) is 1. The van der Waals surface area contributed by atoms with Crippen molar-refractivity contribution in [3.8, 4) is 0 Å². The van der Waals surface area contributed by atoms with Crippen molar-refractivity contribution < 1.29 is 14.6 Å². The Hall–Kier alpha value is -1.43. The third-order valence-electron chi connectivity index (χ3n) is 6.71. The minimum atomic E-state index is -0.821. The van der Waals surface area contributed by atoms with Gasteiger partial charge in [0.15, 0.2) is 0 Å². The molecule has 5 heteroatoms. The van der Waals surface area contributed by atoms with E-state index in [9.17, 15) is 9.90 Å². The smallest absolute Gasteiger partial charge is 0.242 e. The number of benzene rings is 1. The molecular weight excluding hydrogens is 328 g/mol. The van der Waals surface area contributed by atoms with Crippen LogP contribution in [0.3, 0.4) is 0 Å². The summed E-state index contributed by atoms with van der Waals surface area (Å²) < 4.78 is 5.57. The van der Waals surface area contributed by atoms with Gasteiger partial charge in [-0.2, -0.15) is 0 Å². The van der Waals surface area contributed by atoms with E-state index in [1.807, 2.05) is 37.4 Å². The summed E-state index contributed by atoms with van der Waals surface area (Å²) in [7, 11) is 2.01. The topological polar surface area (TPSA) is 53.0 Å². The molecule has 2 aliphatic heterocycles. The first-order valence-electron chi connectivity index (χ1n) is 9.97. The molecule has 2 saturated heterocycles. The number of carbonyl (C=O) groups is 1. The molecule has 1 N–H and O–H groups in total. The molecule has 4 atom stereocenters. The monoisotopic (exact) mass is 358 g/mol. The summed E-state index contributed by atoms with van der Waals surface area (Å²) in [4.78, 5) is 17.5. The van der Waals surface area contributed by atoms with Crippen LogP contribution in [0.2, 0.25) is 0 Å². The van der Waals surface area contributed by atoms with Gasteiger partial charge in [-0.15, -0.1) is 0 Å². The third kappa shape index (κ3) is 3.06. The quantitative estimate of drug-likeness (QED) is 0.879. The summed E-state index contributed by atoms with van der Waals surface area (Å²) in [5.74, 6) is 0.297. The van der Waals surface area contributed by atoms with Crippen LogP contribution in [-0.4, -0.2) is 66.2 Å². The summed E-state index contributed by atoms with van der Waals surface area (Å²) in [5, 5.41) is 11.6. The predicted molar refractivity (Wildman–Crippen MR) is 99.7 cm³/mol. The van der Waals surface area contributed by atoms with Gasteiger partial charge in [0.2, 0.25) is 5.91 Å². The molecule has 1 aromatic carbocycles. The molecular formula is C21H30N2O3. The van der Waals surface area contributed by atoms with Crippen LogP contribution in [-0.2, 0) is 15.1 Å². The number of aliphatic hydroxyl groups is 1. The summed E-state index contributed by atoms with van der Waals surface area (Å²) in [6.07, 6.45) is 4.85. The van der Waals surface area contributed by atoms with Gasteiger partial charge in [-0.1, -0.05) is 43.2 Å². The lowest BCUT2D eigenvalue weighted by Crippen LogP contribution is -2.63. The second kappa shape index (κ2) is 7.29. The number of likely N-dealkylation sites (tertiary alicyclic amines) is 1. The number of piperidine rings is 1. The number of fused-ring (bicyclic) bond motifs is 1. The lowest BCUT2D eigenvalue weighted by molar-refractivity contribution is -0.163. The highest BCUT2D eigenvalue weighted by molar-refractivity contribution is 5.82. The number of hydrogen-bond acceptors (Lipinski definition) is 4. The molecule has 0 bridgehead atoms. The van der Waals surface area contributed by atoms with E-state index in [0.717, 1.165) is 37.8 Å². The van der Waals surface area contributed by atoms with E-state index in [1.165, 1.54) is 0 Å². The maximum Gasteiger partial charge on any atom is 0.242 e. The minimum absolute atomic E-state index is 0.117. The summed E-state index contributed by atoms with van der Waals surface area (Å²) in [5.41, 5.74) is 0.181. The molecule has 4 rings (SSSR count). The van der Waals surface area contributed by atoms with Gasteiger partial charge >= 0.3 is 0 Å². The Labute approximate surface area is 155 Å². The van der Waals surface area contributed by atoms with Crippen molar-refractivity contribution >= 4 is 5.91 Å². The molecule has 142 valence electrons. The van der Waals surface area contributed by atoms with Crippen LogP contribution in [0.15, 0.2) is 30.3 Å². The average Bonchev–Trinajstić information content (AvgIpc) is 2.69. The maximum atomic E-state index is 13.3. The second-order valence-electron chi connectivity index (χ2n) is 8.10. The van der Waals surface area contributed by atoms with Gasteiger partial charge in [-0.25, -0.2) is 0 Å². The highest BCUT2D eigenvalue weighted by atomic mass is 16.5. The Bertz CT molecular complexity index is 637. The largest absolute Gasteiger partial charge is 0.385 e. The zero-order valence-corrected chi connectivity index (χ0v) is 15.6. The van der Waals surface area contributed by atoms with Gasteiger partial charge in [0.25, 0.3) is 0 Å². The van der Waals surface area contributed by atoms with Crippen molar-refractivity contribution in [3.05, 3.63) is 35.9 Å². The van der Waals surface area contributed by atoms with E-state index in [-0.39, 0.29) is 23.9 Å². The fourth-order valence-corrected chi connectivity index (χ4v) is 5.18. The molecule has 1 amide bonds. The number of morpholine rings is 1. The van der Waals surface area contributed by atoms with Crippen molar-refractivity contribution in [2.45, 2.75) is 49.8 Å². The summed E-state index contributed by atoms with van der Waals surface area (Å²) in [6.45, 7) is 2.59. The third-order valence-corrected chi connectivity index (χ3v) is 6.71. The Balaban J connectivity index is 1.59. The molecule has 26 heavy (non-hydrogen) atoms. The zero-order valence-electron chi connectivity index (χ0n) is 15.6. The average molecular weight is 358 g/mol. The zero-order chi connectivity index (χ0) is 18.1. The lowest BCUT2D eigenvalue weighted by atomic mass is 9.66. The van der Waals surface area contributed by atoms with Crippen molar-refractivity contribution in [1.29, 1.82) is 0 Å². The molecule has 3 aliphatic rings. The highest BCUT2D eigenvalue weighted by Gasteiger charge is 2.51. The lowest BCUT2D eigenvalue weighted by Gasteiger charge is -2.53. The van der Waals surface area contributed by atoms with Crippen LogP contribution in [0.5, 0.6) is 0 Å². The highest BCUT2D eigenvalue weighted by Crippen LogP contribution is 2.47. The van der Waals surface area contributed by atoms with Crippen molar-refractivity contribution in [3.63, 3.8) is 0 Å². The van der Waals surface area contributed by atoms with Crippen molar-refractivity contribution in [2.75, 3.05) is 33.4 Å². The SMILES string of the molecule is CN1CCOCC1C(=O)N1CCC(O)(c2ccccc2)[C@@H]2CCCC[C@@H]21. The van der Waals surface area contributed by atoms with Crippen LogP contribution in [0, 0.1) is 5.92 Å². The van der Waals surface area contributed by atoms with E-state index in [4.69, 9.17) is 4.74 Å². The van der Waals surface area contributed by atoms with E-state index in [2.05, 4.69) is 9.80 Å². The van der Waals surface area contributed by atoms with Gasteiger partial charge in [0.1, 0.15) is 6.04 Å². The number of likely N-dealkylation sites (N-methyl/N-ethyl adjacent to an activating group) is 1. The Kier molecular flexibility index (Phi) is 5.04. The number of nitrogens with zero attached hydrogens (tertiary/aromatic N) is 2. The van der Waals surface area contributed by atoms with Crippen LogP contribution < -0.4 is 0 Å². The summed E-state index contributed by atoms with van der Waals surface area (Å²) in [6, 6.07) is 9.99. The van der Waals surface area contributed by atoms with E-state index in [1.54, 1.807) is 0 Å². The van der Waals surface area contributed by atoms with E-state index < -0.39 is 5.60 Å². The molecule has 0 aromatic heterocycles. The normalized spacial score (nSPS) is 35.8. The number of ether oxygens (including phenoxy) is 1. The molecule has 1 saturated carbocycles. The molecule has 3 fully saturated rings. The van der Waals surface area contributed by atoms with Gasteiger partial charge in [0, 0.05) is 25.0 Å². The second-order valence-corrected chi connectivity index (χ2v) is 8.10. The Morgan fingerprint density at radius 1 is 1.19 bits per heavy atom. The minimum Gasteiger partial charge on any atom is -0.385 e. The number of carbonyl (C=O) groups excluding carboxylic acids is 1. The standard InChI is InChI=1S/C21H30N2O3/c1-22-13-14-26-15-19(22)20(24)23-12-11-21(25,16-7-3-2-4-8-16)17-9-5-6-10-18(17)23/h2-4,7-8,17-19,25H,5-6,9-15H2,1H3/t17-,18+,19?,21?/m1/s1. The van der Waals surface area contributed by atoms with Crippen molar-refractivity contribution in [2.24, 2.45) is 5.92 Å². The predicted octanol–water partition coefficient (Wildman–Crippen LogP) is 2.00. The molecule has 0 spiro atoms.